The molecule has 2 atom stereocenters. The molecule has 2 rings (SSSR count). The summed E-state index contributed by atoms with van der Waals surface area (Å²) in [4.78, 5) is 11.2. The molecule has 0 bridgehead atoms. The van der Waals surface area contributed by atoms with Gasteiger partial charge in [0.25, 0.3) is 0 Å². The van der Waals surface area contributed by atoms with Crippen molar-refractivity contribution in [1.82, 2.24) is 0 Å². The smallest absolute Gasteiger partial charge is 0.151 e. The van der Waals surface area contributed by atoms with Gasteiger partial charge < -0.3 is 23.7 Å². The number of methoxy groups -OCH3 is 2. The van der Waals surface area contributed by atoms with Gasteiger partial charge in [-0.2, -0.15) is 0 Å². The van der Waals surface area contributed by atoms with Crippen molar-refractivity contribution >= 4 is 6.29 Å². The Balaban J connectivity index is 1.87. The first-order valence-corrected chi connectivity index (χ1v) is 8.11. The molecule has 2 aromatic carbocycles. The zero-order chi connectivity index (χ0) is 17.9. The Morgan fingerprint density at radius 2 is 1.60 bits per heavy atom. The van der Waals surface area contributed by atoms with Crippen LogP contribution in [0.15, 0.2) is 54.6 Å². The van der Waals surface area contributed by atoms with Gasteiger partial charge in [0.05, 0.1) is 26.9 Å². The van der Waals surface area contributed by atoms with E-state index in [1.54, 1.807) is 7.11 Å². The van der Waals surface area contributed by atoms with E-state index in [4.69, 9.17) is 18.9 Å². The van der Waals surface area contributed by atoms with Crippen molar-refractivity contribution in [1.29, 1.82) is 0 Å². The van der Waals surface area contributed by atoms with Gasteiger partial charge in [-0.1, -0.05) is 42.5 Å². The Bertz CT molecular complexity index is 612. The summed E-state index contributed by atoms with van der Waals surface area (Å²) in [6.45, 7) is 1.08. The number of carbonyl (C=O) groups is 1. The van der Waals surface area contributed by atoms with Crippen LogP contribution in [0, 0.1) is 0 Å². The summed E-state index contributed by atoms with van der Waals surface area (Å²) in [5.41, 5.74) is 2.05. The van der Waals surface area contributed by atoms with Gasteiger partial charge in [0.2, 0.25) is 0 Å². The first-order chi connectivity index (χ1) is 12.3. The summed E-state index contributed by atoms with van der Waals surface area (Å²) in [7, 11) is 3.12. The molecule has 0 aromatic heterocycles. The quantitative estimate of drug-likeness (QED) is 0.587. The summed E-state index contributed by atoms with van der Waals surface area (Å²) in [5.74, 6) is 0.799. The highest BCUT2D eigenvalue weighted by atomic mass is 16.6. The van der Waals surface area contributed by atoms with Gasteiger partial charge in [0.15, 0.2) is 6.29 Å². The van der Waals surface area contributed by atoms with Gasteiger partial charge in [-0.05, 0) is 23.3 Å². The van der Waals surface area contributed by atoms with E-state index < -0.39 is 12.2 Å². The molecule has 25 heavy (non-hydrogen) atoms. The maximum Gasteiger partial charge on any atom is 0.151 e. The normalized spacial score (nSPS) is 13.2. The minimum absolute atomic E-state index is 0.260. The number of hydrogen-bond donors (Lipinski definition) is 0. The van der Waals surface area contributed by atoms with E-state index in [0.29, 0.717) is 13.2 Å². The molecule has 0 heterocycles. The number of rotatable bonds is 11. The van der Waals surface area contributed by atoms with Crippen LogP contribution >= 0.6 is 0 Å². The minimum atomic E-state index is -0.667. The Morgan fingerprint density at radius 1 is 0.920 bits per heavy atom. The van der Waals surface area contributed by atoms with Crippen LogP contribution in [0.3, 0.4) is 0 Å². The summed E-state index contributed by atoms with van der Waals surface area (Å²) in [6.07, 6.45) is -0.396. The molecule has 0 amide bonds. The highest BCUT2D eigenvalue weighted by molar-refractivity contribution is 5.57. The van der Waals surface area contributed by atoms with E-state index in [0.717, 1.165) is 23.2 Å². The molecule has 0 radical (unpaired) electrons. The van der Waals surface area contributed by atoms with E-state index >= 15 is 0 Å². The lowest BCUT2D eigenvalue weighted by atomic mass is 10.2. The maximum absolute atomic E-state index is 11.2. The van der Waals surface area contributed by atoms with Crippen LogP contribution in [0.5, 0.6) is 5.75 Å². The van der Waals surface area contributed by atoms with E-state index in [1.165, 1.54) is 7.11 Å². The average Bonchev–Trinajstić information content (AvgIpc) is 2.68. The van der Waals surface area contributed by atoms with Crippen molar-refractivity contribution in [3.8, 4) is 5.75 Å². The van der Waals surface area contributed by atoms with Crippen LogP contribution in [-0.4, -0.2) is 39.3 Å². The van der Waals surface area contributed by atoms with Crippen molar-refractivity contribution in [3.05, 3.63) is 65.7 Å². The molecule has 0 spiro atoms. The molecule has 0 fully saturated rings. The van der Waals surface area contributed by atoms with Gasteiger partial charge in [0, 0.05) is 7.11 Å². The first-order valence-electron chi connectivity index (χ1n) is 8.11. The van der Waals surface area contributed by atoms with Crippen LogP contribution < -0.4 is 4.74 Å². The lowest BCUT2D eigenvalue weighted by Gasteiger charge is -2.22. The highest BCUT2D eigenvalue weighted by Crippen LogP contribution is 2.13. The molecule has 0 N–H and O–H groups in total. The Labute approximate surface area is 148 Å². The second-order valence-corrected chi connectivity index (χ2v) is 5.53. The monoisotopic (exact) mass is 344 g/mol. The van der Waals surface area contributed by atoms with E-state index in [9.17, 15) is 4.79 Å². The molecular formula is C20H24O5. The summed E-state index contributed by atoms with van der Waals surface area (Å²) in [6, 6.07) is 17.4. The lowest BCUT2D eigenvalue weighted by Crippen LogP contribution is -2.36. The molecule has 0 aliphatic heterocycles. The highest BCUT2D eigenvalue weighted by Gasteiger charge is 2.22. The molecule has 0 aliphatic rings. The summed E-state index contributed by atoms with van der Waals surface area (Å²) in [5, 5.41) is 0. The van der Waals surface area contributed by atoms with Crippen molar-refractivity contribution in [3.63, 3.8) is 0 Å². The third-order valence-electron chi connectivity index (χ3n) is 3.79. The van der Waals surface area contributed by atoms with Gasteiger partial charge in [-0.25, -0.2) is 0 Å². The topological polar surface area (TPSA) is 54.0 Å². The number of aldehydes is 1. The standard InChI is InChI=1S/C20H24O5/c1-22-18-10-8-17(9-11-18)13-24-15-20(19(12-21)23-2)25-14-16-6-4-3-5-7-16/h3-12,19-20H,13-15H2,1-2H3/t19-,20-/m1/s1. The molecule has 0 unspecified atom stereocenters. The zero-order valence-corrected chi connectivity index (χ0v) is 14.6. The maximum atomic E-state index is 11.2. The Morgan fingerprint density at radius 3 is 2.20 bits per heavy atom. The number of hydrogen-bond acceptors (Lipinski definition) is 5. The van der Waals surface area contributed by atoms with Gasteiger partial charge in [0.1, 0.15) is 18.0 Å². The number of carbonyl (C=O) groups excluding carboxylic acids is 1. The van der Waals surface area contributed by atoms with Crippen molar-refractivity contribution in [2.75, 3.05) is 20.8 Å². The fourth-order valence-corrected chi connectivity index (χ4v) is 2.32. The third kappa shape index (κ3) is 6.31. The van der Waals surface area contributed by atoms with Crippen LogP contribution in [-0.2, 0) is 32.2 Å². The van der Waals surface area contributed by atoms with Gasteiger partial charge >= 0.3 is 0 Å². The predicted octanol–water partition coefficient (Wildman–Crippen LogP) is 3.01. The molecule has 5 heteroatoms. The van der Waals surface area contributed by atoms with Crippen molar-refractivity contribution in [2.45, 2.75) is 25.4 Å². The molecular weight excluding hydrogens is 320 g/mol. The van der Waals surface area contributed by atoms with Crippen LogP contribution in [0.4, 0.5) is 0 Å². The summed E-state index contributed by atoms with van der Waals surface area (Å²) >= 11 is 0. The van der Waals surface area contributed by atoms with E-state index in [2.05, 4.69) is 0 Å². The largest absolute Gasteiger partial charge is 0.497 e. The number of benzene rings is 2. The first kappa shape index (κ1) is 19.1. The molecule has 0 saturated carbocycles. The lowest BCUT2D eigenvalue weighted by molar-refractivity contribution is -0.134. The molecule has 0 aliphatic carbocycles. The average molecular weight is 344 g/mol. The SMILES string of the molecule is COc1ccc(COC[C@@H](OCc2ccccc2)[C@@H](C=O)OC)cc1. The summed E-state index contributed by atoms with van der Waals surface area (Å²) < 4.78 is 21.9. The van der Waals surface area contributed by atoms with Gasteiger partial charge in [-0.15, -0.1) is 0 Å². The van der Waals surface area contributed by atoms with Crippen molar-refractivity contribution in [2.24, 2.45) is 0 Å². The van der Waals surface area contributed by atoms with Crippen LogP contribution in [0.1, 0.15) is 11.1 Å². The second kappa shape index (κ2) is 10.6. The van der Waals surface area contributed by atoms with Crippen molar-refractivity contribution < 1.29 is 23.7 Å². The third-order valence-corrected chi connectivity index (χ3v) is 3.79. The Hall–Kier alpha value is -2.21. The second-order valence-electron chi connectivity index (χ2n) is 5.53. The van der Waals surface area contributed by atoms with Gasteiger partial charge in [-0.3, -0.25) is 0 Å². The molecule has 134 valence electrons. The fraction of sp³-hybridized carbons (Fsp3) is 0.350. The van der Waals surface area contributed by atoms with E-state index in [-0.39, 0.29) is 6.61 Å². The predicted molar refractivity (Wildman–Crippen MR) is 94.5 cm³/mol. The van der Waals surface area contributed by atoms with Crippen LogP contribution in [0.25, 0.3) is 0 Å². The molecule has 0 saturated heterocycles. The van der Waals surface area contributed by atoms with Crippen LogP contribution in [0.2, 0.25) is 0 Å². The zero-order valence-electron chi connectivity index (χ0n) is 14.6. The minimum Gasteiger partial charge on any atom is -0.497 e. The number of ether oxygens (including phenoxy) is 4. The Kier molecular flexibility index (Phi) is 8.12. The van der Waals surface area contributed by atoms with E-state index in [1.807, 2.05) is 54.6 Å². The molecule has 5 nitrogen and oxygen atoms in total. The fourth-order valence-electron chi connectivity index (χ4n) is 2.32. The molecule has 2 aromatic rings.